The van der Waals surface area contributed by atoms with Crippen molar-refractivity contribution in [3.63, 3.8) is 0 Å². The van der Waals surface area contributed by atoms with Gasteiger partial charge in [0.1, 0.15) is 17.2 Å². The number of halogens is 1. The van der Waals surface area contributed by atoms with Crippen LogP contribution in [0.4, 0.5) is 0 Å². The van der Waals surface area contributed by atoms with Crippen molar-refractivity contribution in [2.24, 2.45) is 0 Å². The summed E-state index contributed by atoms with van der Waals surface area (Å²) >= 11 is 0. The molecule has 126 valence electrons. The van der Waals surface area contributed by atoms with E-state index in [-0.39, 0.29) is 18.3 Å². The molecule has 0 saturated heterocycles. The van der Waals surface area contributed by atoms with E-state index >= 15 is 0 Å². The minimum Gasteiger partial charge on any atom is -0.496 e. The molecular weight excluding hydrogens is 308 g/mol. The Kier molecular flexibility index (Phi) is 10.2. The highest BCUT2D eigenvalue weighted by molar-refractivity contribution is 5.85. The van der Waals surface area contributed by atoms with E-state index in [0.29, 0.717) is 36.9 Å². The lowest BCUT2D eigenvalue weighted by Crippen LogP contribution is -2.35. The van der Waals surface area contributed by atoms with E-state index in [1.165, 1.54) is 0 Å². The number of hydrogen-bond acceptors (Lipinski definition) is 5. The number of benzene rings is 1. The molecule has 0 fully saturated rings. The predicted octanol–water partition coefficient (Wildman–Crippen LogP) is 1.57. The summed E-state index contributed by atoms with van der Waals surface area (Å²) in [4.78, 5) is 13.3. The van der Waals surface area contributed by atoms with Gasteiger partial charge in [-0.05, 0) is 13.5 Å². The van der Waals surface area contributed by atoms with E-state index in [2.05, 4.69) is 5.32 Å². The molecule has 0 aliphatic rings. The number of hydrogen-bond donors (Lipinski definition) is 1. The van der Waals surface area contributed by atoms with E-state index in [0.717, 1.165) is 6.42 Å². The molecule has 1 aromatic rings. The van der Waals surface area contributed by atoms with E-state index in [4.69, 9.17) is 14.2 Å². The van der Waals surface area contributed by atoms with Gasteiger partial charge in [-0.2, -0.15) is 0 Å². The second-order valence-electron chi connectivity index (χ2n) is 4.60. The summed E-state index contributed by atoms with van der Waals surface area (Å²) in [6, 6.07) is 5.40. The molecule has 0 aliphatic carbocycles. The molecule has 1 amide bonds. The Morgan fingerprint density at radius 3 is 2.18 bits per heavy atom. The topological polar surface area (TPSA) is 60.0 Å². The van der Waals surface area contributed by atoms with Gasteiger partial charge in [0, 0.05) is 31.8 Å². The van der Waals surface area contributed by atoms with Gasteiger partial charge < -0.3 is 24.4 Å². The summed E-state index contributed by atoms with van der Waals surface area (Å²) in [7, 11) is 6.74. The van der Waals surface area contributed by atoms with Crippen molar-refractivity contribution >= 4 is 18.3 Å². The normalized spacial score (nSPS) is 9.64. The Morgan fingerprint density at radius 2 is 1.68 bits per heavy atom. The van der Waals surface area contributed by atoms with Gasteiger partial charge in [0.25, 0.3) is 0 Å². The number of carbonyl (C=O) groups excluding carboxylic acids is 1. The van der Waals surface area contributed by atoms with Crippen LogP contribution in [0.3, 0.4) is 0 Å². The van der Waals surface area contributed by atoms with Crippen LogP contribution in [0, 0.1) is 0 Å². The SMILES string of the molecule is CNCC(=O)N(C)CCCOc1cc(OC)cc(OC)c1.Cl. The average molecular weight is 333 g/mol. The molecule has 1 aromatic carbocycles. The summed E-state index contributed by atoms with van der Waals surface area (Å²) in [5.41, 5.74) is 0. The van der Waals surface area contributed by atoms with Crippen molar-refractivity contribution in [1.29, 1.82) is 0 Å². The number of carbonyl (C=O) groups is 1. The number of ether oxygens (including phenoxy) is 3. The highest BCUT2D eigenvalue weighted by atomic mass is 35.5. The Balaban J connectivity index is 0.00000441. The number of methoxy groups -OCH3 is 2. The molecule has 0 aliphatic heterocycles. The maximum Gasteiger partial charge on any atom is 0.236 e. The average Bonchev–Trinajstić information content (AvgIpc) is 2.51. The van der Waals surface area contributed by atoms with Gasteiger partial charge in [-0.15, -0.1) is 12.4 Å². The van der Waals surface area contributed by atoms with Gasteiger partial charge in [0.15, 0.2) is 0 Å². The molecule has 22 heavy (non-hydrogen) atoms. The number of nitrogens with zero attached hydrogens (tertiary/aromatic N) is 1. The predicted molar refractivity (Wildman–Crippen MR) is 88.5 cm³/mol. The second kappa shape index (κ2) is 11.0. The molecule has 0 unspecified atom stereocenters. The van der Waals surface area contributed by atoms with E-state index in [1.54, 1.807) is 51.4 Å². The molecular formula is C15H25ClN2O4. The van der Waals surface area contributed by atoms with Crippen LogP contribution in [-0.4, -0.2) is 58.8 Å². The van der Waals surface area contributed by atoms with Crippen molar-refractivity contribution in [1.82, 2.24) is 10.2 Å². The maximum atomic E-state index is 11.6. The molecule has 7 heteroatoms. The largest absolute Gasteiger partial charge is 0.496 e. The Labute approximate surface area is 138 Å². The smallest absolute Gasteiger partial charge is 0.236 e. The monoisotopic (exact) mass is 332 g/mol. The van der Waals surface area contributed by atoms with Gasteiger partial charge in [-0.25, -0.2) is 0 Å². The fraction of sp³-hybridized carbons (Fsp3) is 0.533. The first-order valence-corrected chi connectivity index (χ1v) is 6.85. The molecule has 0 spiro atoms. The molecule has 0 radical (unpaired) electrons. The zero-order chi connectivity index (χ0) is 15.7. The van der Waals surface area contributed by atoms with Gasteiger partial charge in [-0.1, -0.05) is 0 Å². The summed E-state index contributed by atoms with van der Waals surface area (Å²) in [5, 5.41) is 2.84. The summed E-state index contributed by atoms with van der Waals surface area (Å²) < 4.78 is 16.0. The van der Waals surface area contributed by atoms with Crippen molar-refractivity contribution < 1.29 is 19.0 Å². The first-order chi connectivity index (χ1) is 10.1. The van der Waals surface area contributed by atoms with Crippen molar-refractivity contribution in [2.45, 2.75) is 6.42 Å². The van der Waals surface area contributed by atoms with Crippen LogP contribution in [-0.2, 0) is 4.79 Å². The van der Waals surface area contributed by atoms with Crippen molar-refractivity contribution in [3.8, 4) is 17.2 Å². The second-order valence-corrected chi connectivity index (χ2v) is 4.60. The third-order valence-corrected chi connectivity index (χ3v) is 2.99. The van der Waals surface area contributed by atoms with Gasteiger partial charge in [-0.3, -0.25) is 4.79 Å². The lowest BCUT2D eigenvalue weighted by molar-refractivity contribution is -0.128. The van der Waals surface area contributed by atoms with Crippen LogP contribution in [0.15, 0.2) is 18.2 Å². The maximum absolute atomic E-state index is 11.6. The lowest BCUT2D eigenvalue weighted by Gasteiger charge is -2.17. The standard InChI is InChI=1S/C15H24N2O4.ClH/c1-16-11-15(18)17(2)6-5-7-21-14-9-12(19-3)8-13(10-14)20-4;/h8-10,16H,5-7,11H2,1-4H3;1H. The van der Waals surface area contributed by atoms with Crippen LogP contribution in [0.5, 0.6) is 17.2 Å². The fourth-order valence-electron chi connectivity index (χ4n) is 1.77. The Bertz CT molecular complexity index is 435. The number of likely N-dealkylation sites (N-methyl/N-ethyl adjacent to an activating group) is 2. The minimum atomic E-state index is 0. The van der Waals surface area contributed by atoms with Crippen LogP contribution in [0.25, 0.3) is 0 Å². The Hall–Kier alpha value is -1.66. The van der Waals surface area contributed by atoms with Gasteiger partial charge >= 0.3 is 0 Å². The third-order valence-electron chi connectivity index (χ3n) is 2.99. The molecule has 1 N–H and O–H groups in total. The lowest BCUT2D eigenvalue weighted by atomic mass is 10.3. The first-order valence-electron chi connectivity index (χ1n) is 6.85. The molecule has 0 bridgehead atoms. The number of amides is 1. The van der Waals surface area contributed by atoms with E-state index < -0.39 is 0 Å². The molecule has 6 nitrogen and oxygen atoms in total. The van der Waals surface area contributed by atoms with Gasteiger partial charge in [0.05, 0.1) is 27.4 Å². The highest BCUT2D eigenvalue weighted by Crippen LogP contribution is 2.27. The number of rotatable bonds is 9. The highest BCUT2D eigenvalue weighted by Gasteiger charge is 2.07. The molecule has 0 saturated carbocycles. The van der Waals surface area contributed by atoms with Crippen LogP contribution in [0.1, 0.15) is 6.42 Å². The zero-order valence-corrected chi connectivity index (χ0v) is 14.4. The molecule has 1 rings (SSSR count). The Morgan fingerprint density at radius 1 is 1.14 bits per heavy atom. The van der Waals surface area contributed by atoms with E-state index in [1.807, 2.05) is 0 Å². The van der Waals surface area contributed by atoms with Crippen LogP contribution >= 0.6 is 12.4 Å². The first kappa shape index (κ1) is 20.3. The van der Waals surface area contributed by atoms with Crippen molar-refractivity contribution in [3.05, 3.63) is 18.2 Å². The quantitative estimate of drug-likeness (QED) is 0.696. The minimum absolute atomic E-state index is 0. The van der Waals surface area contributed by atoms with Gasteiger partial charge in [0.2, 0.25) is 5.91 Å². The summed E-state index contributed by atoms with van der Waals surface area (Å²) in [6.45, 7) is 1.53. The summed E-state index contributed by atoms with van der Waals surface area (Å²) in [5.74, 6) is 2.13. The third kappa shape index (κ3) is 6.87. The van der Waals surface area contributed by atoms with Crippen LogP contribution < -0.4 is 19.5 Å². The van der Waals surface area contributed by atoms with E-state index in [9.17, 15) is 4.79 Å². The van der Waals surface area contributed by atoms with Crippen LogP contribution in [0.2, 0.25) is 0 Å². The van der Waals surface area contributed by atoms with Crippen molar-refractivity contribution in [2.75, 3.05) is 48.0 Å². The molecule has 0 aromatic heterocycles. The zero-order valence-electron chi connectivity index (χ0n) is 13.5. The summed E-state index contributed by atoms with van der Waals surface area (Å²) in [6.07, 6.45) is 0.755. The fourth-order valence-corrected chi connectivity index (χ4v) is 1.77. The molecule has 0 heterocycles. The molecule has 0 atom stereocenters. The number of nitrogens with one attached hydrogen (secondary N) is 1.